The van der Waals surface area contributed by atoms with Crippen molar-refractivity contribution in [3.05, 3.63) is 24.3 Å². The van der Waals surface area contributed by atoms with E-state index in [2.05, 4.69) is 20.8 Å². The van der Waals surface area contributed by atoms with Crippen molar-refractivity contribution in [2.75, 3.05) is 0 Å². The number of carboxylic acid groups (broad SMARTS) is 1. The van der Waals surface area contributed by atoms with Gasteiger partial charge in [0.15, 0.2) is 0 Å². The highest BCUT2D eigenvalue weighted by atomic mass is 16.4. The van der Waals surface area contributed by atoms with Crippen LogP contribution < -0.4 is 0 Å². The number of rotatable bonds is 12. The number of unbranched alkanes of at least 4 members (excludes halogenated alkanes) is 1. The first kappa shape index (κ1) is 23.9. The highest BCUT2D eigenvalue weighted by Gasteiger charge is 2.39. The molecule has 5 atom stereocenters. The summed E-state index contributed by atoms with van der Waals surface area (Å²) in [6.45, 7) is 6.44. The highest BCUT2D eigenvalue weighted by molar-refractivity contribution is 5.66. The fraction of sp³-hybridized carbons (Fsp3) is 0.773. The zero-order valence-electron chi connectivity index (χ0n) is 17.1. The number of allylic oxidation sites excluding steroid dienone is 2. The summed E-state index contributed by atoms with van der Waals surface area (Å²) in [5.74, 6) is -1.04. The van der Waals surface area contributed by atoms with E-state index >= 15 is 0 Å². The van der Waals surface area contributed by atoms with Crippen molar-refractivity contribution in [2.45, 2.75) is 90.4 Å². The summed E-state index contributed by atoms with van der Waals surface area (Å²) < 4.78 is 0. The molecule has 4 N–H and O–H groups in total. The van der Waals surface area contributed by atoms with Gasteiger partial charge in [-0.2, -0.15) is 0 Å². The van der Waals surface area contributed by atoms with Crippen LogP contribution >= 0.6 is 0 Å². The number of hydrogen-bond donors (Lipinski definition) is 4. The molecule has 1 fully saturated rings. The maximum Gasteiger partial charge on any atom is 0.303 e. The van der Waals surface area contributed by atoms with Crippen molar-refractivity contribution in [3.63, 3.8) is 0 Å². The summed E-state index contributed by atoms with van der Waals surface area (Å²) in [5.41, 5.74) is 0.0738. The number of hydrogen-bond acceptors (Lipinski definition) is 4. The molecule has 0 aliphatic heterocycles. The Kier molecular flexibility index (Phi) is 10.3. The molecule has 0 amide bonds. The van der Waals surface area contributed by atoms with E-state index in [1.54, 1.807) is 6.08 Å². The fourth-order valence-corrected chi connectivity index (χ4v) is 4.12. The molecule has 1 aliphatic carbocycles. The van der Waals surface area contributed by atoms with Crippen LogP contribution in [0.15, 0.2) is 24.3 Å². The van der Waals surface area contributed by atoms with Gasteiger partial charge >= 0.3 is 5.97 Å². The van der Waals surface area contributed by atoms with Gasteiger partial charge in [-0.3, -0.25) is 4.79 Å². The smallest absolute Gasteiger partial charge is 0.303 e. The van der Waals surface area contributed by atoms with Crippen LogP contribution in [0, 0.1) is 17.3 Å². The third-order valence-corrected chi connectivity index (χ3v) is 5.50. The Balaban J connectivity index is 2.57. The van der Waals surface area contributed by atoms with E-state index in [0.29, 0.717) is 32.1 Å². The highest BCUT2D eigenvalue weighted by Crippen LogP contribution is 2.37. The Labute approximate surface area is 163 Å². The lowest BCUT2D eigenvalue weighted by Crippen LogP contribution is -2.22. The second-order valence-corrected chi connectivity index (χ2v) is 8.68. The van der Waals surface area contributed by atoms with E-state index in [9.17, 15) is 20.1 Å². The largest absolute Gasteiger partial charge is 0.481 e. The standard InChI is InChI=1S/C22H38O5/c1-4-13-22(2,3)15-16(23)11-12-18-17(19(24)14-20(18)25)9-7-5-6-8-10-21(26)27/h5,7,11-12,16-20,23-25H,4,6,8-10,13-15H2,1-3H3,(H,26,27)/b7-5-,12-11+/t16-,17-,18-,19+,20-/m1/s1. The average molecular weight is 383 g/mol. The Morgan fingerprint density at radius 2 is 1.93 bits per heavy atom. The molecule has 1 saturated carbocycles. The van der Waals surface area contributed by atoms with Crippen LogP contribution in [0.2, 0.25) is 0 Å². The molecule has 1 aliphatic rings. The SMILES string of the molecule is CCCC(C)(C)C[C@H](O)/C=C/[C@@H]1[C@@H](C/C=C\CCCC(=O)O)[C@@H](O)C[C@H]1O. The van der Waals surface area contributed by atoms with Crippen molar-refractivity contribution in [2.24, 2.45) is 17.3 Å². The molecule has 1 rings (SSSR count). The zero-order chi connectivity index (χ0) is 20.4. The van der Waals surface area contributed by atoms with Crippen LogP contribution in [-0.2, 0) is 4.79 Å². The van der Waals surface area contributed by atoms with E-state index in [4.69, 9.17) is 5.11 Å². The first-order valence-corrected chi connectivity index (χ1v) is 10.3. The zero-order valence-corrected chi connectivity index (χ0v) is 17.1. The topological polar surface area (TPSA) is 98.0 Å². The molecule has 5 heteroatoms. The first-order chi connectivity index (χ1) is 12.7. The lowest BCUT2D eigenvalue weighted by atomic mass is 9.82. The summed E-state index contributed by atoms with van der Waals surface area (Å²) in [5, 5.41) is 39.5. The number of aliphatic carboxylic acids is 1. The molecule has 0 aromatic rings. The van der Waals surface area contributed by atoms with Crippen LogP contribution in [0.1, 0.15) is 72.1 Å². The molecular weight excluding hydrogens is 344 g/mol. The molecule has 0 bridgehead atoms. The average Bonchev–Trinajstić information content (AvgIpc) is 2.81. The third-order valence-electron chi connectivity index (χ3n) is 5.50. The lowest BCUT2D eigenvalue weighted by Gasteiger charge is -2.26. The quantitative estimate of drug-likeness (QED) is 0.305. The van der Waals surface area contributed by atoms with Gasteiger partial charge in [-0.05, 0) is 43.4 Å². The van der Waals surface area contributed by atoms with Gasteiger partial charge in [-0.1, -0.05) is 51.5 Å². The Morgan fingerprint density at radius 3 is 2.56 bits per heavy atom. The number of carbonyl (C=O) groups is 1. The van der Waals surface area contributed by atoms with Crippen molar-refractivity contribution >= 4 is 5.97 Å². The van der Waals surface area contributed by atoms with Gasteiger partial charge in [0, 0.05) is 18.8 Å². The van der Waals surface area contributed by atoms with Crippen LogP contribution in [0.3, 0.4) is 0 Å². The minimum atomic E-state index is -0.788. The van der Waals surface area contributed by atoms with Gasteiger partial charge in [0.1, 0.15) is 0 Å². The molecule has 0 aromatic heterocycles. The molecule has 0 heterocycles. The third kappa shape index (κ3) is 9.04. The van der Waals surface area contributed by atoms with Crippen molar-refractivity contribution in [1.29, 1.82) is 0 Å². The Morgan fingerprint density at radius 1 is 1.22 bits per heavy atom. The van der Waals surface area contributed by atoms with Gasteiger partial charge in [-0.25, -0.2) is 0 Å². The van der Waals surface area contributed by atoms with E-state index in [0.717, 1.165) is 12.8 Å². The second kappa shape index (κ2) is 11.6. The molecule has 0 aromatic carbocycles. The molecule has 5 nitrogen and oxygen atoms in total. The summed E-state index contributed by atoms with van der Waals surface area (Å²) in [4.78, 5) is 10.5. The predicted molar refractivity (Wildman–Crippen MR) is 107 cm³/mol. The van der Waals surface area contributed by atoms with Gasteiger partial charge < -0.3 is 20.4 Å². The van der Waals surface area contributed by atoms with E-state index in [1.807, 2.05) is 18.2 Å². The summed E-state index contributed by atoms with van der Waals surface area (Å²) in [6.07, 6.45) is 11.1. The molecule has 0 spiro atoms. The molecule has 0 radical (unpaired) electrons. The lowest BCUT2D eigenvalue weighted by molar-refractivity contribution is -0.137. The van der Waals surface area contributed by atoms with E-state index in [1.165, 1.54) is 0 Å². The van der Waals surface area contributed by atoms with Crippen LogP contribution in [0.4, 0.5) is 0 Å². The molecular formula is C22H38O5. The van der Waals surface area contributed by atoms with Crippen molar-refractivity contribution in [1.82, 2.24) is 0 Å². The molecule has 156 valence electrons. The number of carboxylic acids is 1. The molecule has 27 heavy (non-hydrogen) atoms. The summed E-state index contributed by atoms with van der Waals surface area (Å²) >= 11 is 0. The van der Waals surface area contributed by atoms with Gasteiger partial charge in [-0.15, -0.1) is 0 Å². The maximum atomic E-state index is 10.5. The molecule has 0 unspecified atom stereocenters. The van der Waals surface area contributed by atoms with E-state index in [-0.39, 0.29) is 23.7 Å². The second-order valence-electron chi connectivity index (χ2n) is 8.68. The predicted octanol–water partition coefficient (Wildman–Crippen LogP) is 3.68. The maximum absolute atomic E-state index is 10.5. The monoisotopic (exact) mass is 382 g/mol. The van der Waals surface area contributed by atoms with Gasteiger partial charge in [0.05, 0.1) is 18.3 Å². The Hall–Kier alpha value is -1.17. The van der Waals surface area contributed by atoms with Crippen molar-refractivity contribution < 1.29 is 25.2 Å². The van der Waals surface area contributed by atoms with Crippen LogP contribution in [-0.4, -0.2) is 44.7 Å². The summed E-state index contributed by atoms with van der Waals surface area (Å²) in [6, 6.07) is 0. The van der Waals surface area contributed by atoms with Crippen LogP contribution in [0.25, 0.3) is 0 Å². The number of aliphatic hydroxyl groups is 3. The van der Waals surface area contributed by atoms with Gasteiger partial charge in [0.2, 0.25) is 0 Å². The minimum Gasteiger partial charge on any atom is -0.481 e. The Bertz CT molecular complexity index is 497. The minimum absolute atomic E-state index is 0.0738. The fourth-order valence-electron chi connectivity index (χ4n) is 4.12. The molecule has 0 saturated heterocycles. The van der Waals surface area contributed by atoms with E-state index < -0.39 is 24.3 Å². The van der Waals surface area contributed by atoms with Crippen LogP contribution in [0.5, 0.6) is 0 Å². The summed E-state index contributed by atoms with van der Waals surface area (Å²) in [7, 11) is 0. The number of aliphatic hydroxyl groups excluding tert-OH is 3. The first-order valence-electron chi connectivity index (χ1n) is 10.3. The normalized spacial score (nSPS) is 27.6. The van der Waals surface area contributed by atoms with Gasteiger partial charge in [0.25, 0.3) is 0 Å². The van der Waals surface area contributed by atoms with Crippen molar-refractivity contribution in [3.8, 4) is 0 Å².